The van der Waals surface area contributed by atoms with E-state index in [1.165, 1.54) is 0 Å². The molecule has 1 aromatic heterocycles. The van der Waals surface area contributed by atoms with Crippen molar-refractivity contribution < 1.29 is 13.2 Å². The van der Waals surface area contributed by atoms with E-state index in [2.05, 4.69) is 10.4 Å². The van der Waals surface area contributed by atoms with Crippen LogP contribution in [0.5, 0.6) is 0 Å². The van der Waals surface area contributed by atoms with E-state index >= 15 is 0 Å². The van der Waals surface area contributed by atoms with E-state index in [1.807, 2.05) is 38.1 Å². The fourth-order valence-electron chi connectivity index (χ4n) is 2.60. The summed E-state index contributed by atoms with van der Waals surface area (Å²) in [6.45, 7) is 3.98. The lowest BCUT2D eigenvalue weighted by molar-refractivity contribution is -0.120. The van der Waals surface area contributed by atoms with E-state index in [-0.39, 0.29) is 24.6 Å². The summed E-state index contributed by atoms with van der Waals surface area (Å²) in [6, 6.07) is 7.46. The highest BCUT2D eigenvalue weighted by atomic mass is 35.5. The molecule has 0 aliphatic carbocycles. The summed E-state index contributed by atoms with van der Waals surface area (Å²) in [6.07, 6.45) is 1.96. The fraction of sp³-hybridized carbons (Fsp3) is 0.412. The highest BCUT2D eigenvalue weighted by Gasteiger charge is 2.15. The maximum Gasteiger partial charge on any atom is 0.220 e. The Morgan fingerprint density at radius 1 is 1.28 bits per heavy atom. The first kappa shape index (κ1) is 19.5. The lowest BCUT2D eigenvalue weighted by atomic mass is 10.1. The van der Waals surface area contributed by atoms with Crippen molar-refractivity contribution in [1.29, 1.82) is 0 Å². The lowest BCUT2D eigenvalue weighted by Crippen LogP contribution is -2.28. The number of benzene rings is 1. The van der Waals surface area contributed by atoms with E-state index < -0.39 is 9.84 Å². The number of para-hydroxylation sites is 1. The molecule has 0 radical (unpaired) electrons. The van der Waals surface area contributed by atoms with Gasteiger partial charge in [0.1, 0.15) is 9.84 Å². The first-order chi connectivity index (χ1) is 11.7. The number of amides is 1. The van der Waals surface area contributed by atoms with E-state index in [4.69, 9.17) is 11.6 Å². The molecule has 0 bridgehead atoms. The quantitative estimate of drug-likeness (QED) is 0.795. The van der Waals surface area contributed by atoms with Crippen LogP contribution in [0.1, 0.15) is 23.4 Å². The number of rotatable bonds is 7. The molecular formula is C17H22ClN3O3S. The molecule has 1 N–H and O–H groups in total. The number of aryl methyl sites for hydroxylation is 1. The van der Waals surface area contributed by atoms with Crippen molar-refractivity contribution in [3.63, 3.8) is 0 Å². The van der Waals surface area contributed by atoms with Crippen molar-refractivity contribution in [2.45, 2.75) is 26.7 Å². The Bertz CT molecular complexity index is 875. The molecule has 0 saturated heterocycles. The predicted molar refractivity (Wildman–Crippen MR) is 99.1 cm³/mol. The van der Waals surface area contributed by atoms with Gasteiger partial charge < -0.3 is 5.32 Å². The predicted octanol–water partition coefficient (Wildman–Crippen LogP) is 2.24. The van der Waals surface area contributed by atoms with Crippen LogP contribution in [0.25, 0.3) is 5.69 Å². The third-order valence-electron chi connectivity index (χ3n) is 3.92. The number of sulfone groups is 1. The number of hydrogen-bond acceptors (Lipinski definition) is 4. The summed E-state index contributed by atoms with van der Waals surface area (Å²) in [4.78, 5) is 11.9. The minimum absolute atomic E-state index is 0.0543. The second-order valence-electron chi connectivity index (χ2n) is 5.99. The topological polar surface area (TPSA) is 81.1 Å². The first-order valence-corrected chi connectivity index (χ1v) is 10.4. The van der Waals surface area contributed by atoms with Crippen molar-refractivity contribution in [1.82, 2.24) is 15.1 Å². The number of halogens is 1. The summed E-state index contributed by atoms with van der Waals surface area (Å²) < 4.78 is 23.9. The van der Waals surface area contributed by atoms with Gasteiger partial charge in [-0.1, -0.05) is 23.7 Å². The molecule has 1 aromatic carbocycles. The zero-order valence-electron chi connectivity index (χ0n) is 14.5. The van der Waals surface area contributed by atoms with Crippen molar-refractivity contribution in [3.05, 3.63) is 46.2 Å². The summed E-state index contributed by atoms with van der Waals surface area (Å²) in [5, 5.41) is 7.77. The average Bonchev–Trinajstić information content (AvgIpc) is 2.79. The SMILES string of the molecule is Cc1nn(-c2ccccc2Cl)c(C)c1CCC(=O)NCCS(C)(=O)=O. The van der Waals surface area contributed by atoms with Crippen LogP contribution in [-0.4, -0.2) is 42.7 Å². The van der Waals surface area contributed by atoms with Crippen LogP contribution in [0.4, 0.5) is 0 Å². The van der Waals surface area contributed by atoms with Gasteiger partial charge in [0.25, 0.3) is 0 Å². The smallest absolute Gasteiger partial charge is 0.220 e. The molecule has 0 saturated carbocycles. The van der Waals surface area contributed by atoms with Crippen LogP contribution < -0.4 is 5.32 Å². The summed E-state index contributed by atoms with van der Waals surface area (Å²) in [7, 11) is -3.07. The van der Waals surface area contributed by atoms with Gasteiger partial charge in [-0.15, -0.1) is 0 Å². The second-order valence-corrected chi connectivity index (χ2v) is 8.66. The van der Waals surface area contributed by atoms with E-state index in [0.717, 1.165) is 28.9 Å². The van der Waals surface area contributed by atoms with E-state index in [0.29, 0.717) is 11.4 Å². The minimum Gasteiger partial charge on any atom is -0.355 e. The lowest BCUT2D eigenvalue weighted by Gasteiger charge is -2.08. The summed E-state index contributed by atoms with van der Waals surface area (Å²) >= 11 is 6.24. The van der Waals surface area contributed by atoms with Crippen molar-refractivity contribution in [2.24, 2.45) is 0 Å². The minimum atomic E-state index is -3.07. The van der Waals surface area contributed by atoms with Gasteiger partial charge in [-0.25, -0.2) is 13.1 Å². The molecule has 0 atom stereocenters. The highest BCUT2D eigenvalue weighted by molar-refractivity contribution is 7.90. The Morgan fingerprint density at radius 3 is 2.60 bits per heavy atom. The molecule has 0 unspecified atom stereocenters. The standard InChI is InChI=1S/C17H22ClN3O3S/c1-12-14(8-9-17(22)19-10-11-25(3,23)24)13(2)21(20-12)16-7-5-4-6-15(16)18/h4-7H,8-11H2,1-3H3,(H,19,22). The molecule has 1 heterocycles. The Balaban J connectivity index is 2.04. The molecule has 1 amide bonds. The van der Waals surface area contributed by atoms with E-state index in [1.54, 1.807) is 4.68 Å². The molecule has 0 fully saturated rings. The molecule has 0 aliphatic rings. The molecule has 0 aliphatic heterocycles. The maximum atomic E-state index is 11.9. The largest absolute Gasteiger partial charge is 0.355 e. The number of nitrogens with zero attached hydrogens (tertiary/aromatic N) is 2. The molecule has 8 heteroatoms. The van der Waals surface area contributed by atoms with Crippen molar-refractivity contribution in [2.75, 3.05) is 18.6 Å². The van der Waals surface area contributed by atoms with Gasteiger partial charge in [-0.05, 0) is 38.0 Å². The van der Waals surface area contributed by atoms with E-state index in [9.17, 15) is 13.2 Å². The average molecular weight is 384 g/mol. The molecule has 0 spiro atoms. The van der Waals surface area contributed by atoms with Crippen molar-refractivity contribution >= 4 is 27.3 Å². The Hall–Kier alpha value is -1.86. The maximum absolute atomic E-state index is 11.9. The fourth-order valence-corrected chi connectivity index (χ4v) is 3.29. The zero-order chi connectivity index (χ0) is 18.6. The molecular weight excluding hydrogens is 362 g/mol. The summed E-state index contributed by atoms with van der Waals surface area (Å²) in [5.74, 6) is -0.228. The Morgan fingerprint density at radius 2 is 1.96 bits per heavy atom. The third-order valence-corrected chi connectivity index (χ3v) is 5.18. The van der Waals surface area contributed by atoms with Crippen LogP contribution in [-0.2, 0) is 21.1 Å². The molecule has 25 heavy (non-hydrogen) atoms. The van der Waals surface area contributed by atoms with Gasteiger partial charge >= 0.3 is 0 Å². The summed E-state index contributed by atoms with van der Waals surface area (Å²) in [5.41, 5.74) is 3.59. The van der Waals surface area contributed by atoms with Gasteiger partial charge in [0.2, 0.25) is 5.91 Å². The molecule has 2 aromatic rings. The Labute approximate surface area is 153 Å². The third kappa shape index (κ3) is 5.31. The zero-order valence-corrected chi connectivity index (χ0v) is 16.1. The van der Waals surface area contributed by atoms with Crippen LogP contribution in [0.3, 0.4) is 0 Å². The number of hydrogen-bond donors (Lipinski definition) is 1. The number of carbonyl (C=O) groups is 1. The normalized spacial score (nSPS) is 11.5. The number of aromatic nitrogens is 2. The molecule has 6 nitrogen and oxygen atoms in total. The van der Waals surface area contributed by atoms with Crippen LogP contribution >= 0.6 is 11.6 Å². The van der Waals surface area contributed by atoms with Gasteiger partial charge in [0.15, 0.2) is 0 Å². The highest BCUT2D eigenvalue weighted by Crippen LogP contribution is 2.24. The number of nitrogens with one attached hydrogen (secondary N) is 1. The second kappa shape index (κ2) is 8.01. The van der Waals surface area contributed by atoms with Gasteiger partial charge in [-0.2, -0.15) is 5.10 Å². The molecule has 136 valence electrons. The molecule has 2 rings (SSSR count). The first-order valence-electron chi connectivity index (χ1n) is 7.93. The Kier molecular flexibility index (Phi) is 6.24. The van der Waals surface area contributed by atoms with Crippen molar-refractivity contribution in [3.8, 4) is 5.69 Å². The van der Waals surface area contributed by atoms with Gasteiger partial charge in [0, 0.05) is 24.9 Å². The number of carbonyl (C=O) groups excluding carboxylic acids is 1. The van der Waals surface area contributed by atoms with Gasteiger partial charge in [-0.3, -0.25) is 4.79 Å². The van der Waals surface area contributed by atoms with Crippen LogP contribution in [0.2, 0.25) is 5.02 Å². The van der Waals surface area contributed by atoms with Gasteiger partial charge in [0.05, 0.1) is 22.2 Å². The van der Waals surface area contributed by atoms with Crippen LogP contribution in [0.15, 0.2) is 24.3 Å². The monoisotopic (exact) mass is 383 g/mol. The van der Waals surface area contributed by atoms with Crippen LogP contribution in [0, 0.1) is 13.8 Å².